The Morgan fingerprint density at radius 3 is 1.63 bits per heavy atom. The Bertz CT molecular complexity index is 944. The average molecular weight is 411 g/mol. The lowest BCUT2D eigenvalue weighted by Crippen LogP contribution is -2.27. The van der Waals surface area contributed by atoms with Crippen LogP contribution in [0.15, 0.2) is 39.4 Å². The molecule has 9 nitrogen and oxygen atoms in total. The van der Waals surface area contributed by atoms with Crippen molar-refractivity contribution in [2.75, 3.05) is 0 Å². The van der Waals surface area contributed by atoms with Crippen LogP contribution in [0.25, 0.3) is 0 Å². The zero-order valence-electron chi connectivity index (χ0n) is 17.4. The molecule has 9 heteroatoms. The lowest BCUT2D eigenvalue weighted by atomic mass is 10.1. The predicted octanol–water partition coefficient (Wildman–Crippen LogP) is 3.16. The van der Waals surface area contributed by atoms with Crippen LogP contribution in [0.2, 0.25) is 0 Å². The standard InChI is InChI=1S/C21H25N5O4/c1-12(2)18-8-14(29-25-18)10-22-20(27)16-6-5-7-17(24-16)21(28)23-11-15-9-19(13(3)4)26-30-15/h5-9,12-13H,10-11H2,1-4H3,(H,22,27)(H,23,28). The van der Waals surface area contributed by atoms with Gasteiger partial charge in [0.2, 0.25) is 0 Å². The molecule has 0 saturated carbocycles. The summed E-state index contributed by atoms with van der Waals surface area (Å²) in [5.74, 6) is 0.753. The van der Waals surface area contributed by atoms with E-state index in [9.17, 15) is 9.59 Å². The van der Waals surface area contributed by atoms with Gasteiger partial charge in [-0.25, -0.2) is 4.98 Å². The SMILES string of the molecule is CC(C)c1cc(CNC(=O)c2cccc(C(=O)NCc3cc(C(C)C)no3)n2)on1. The molecule has 0 aliphatic rings. The van der Waals surface area contributed by atoms with Crippen LogP contribution in [0.1, 0.15) is 83.4 Å². The monoisotopic (exact) mass is 411 g/mol. The second kappa shape index (κ2) is 9.34. The summed E-state index contributed by atoms with van der Waals surface area (Å²) in [6.07, 6.45) is 0. The fraction of sp³-hybridized carbons (Fsp3) is 0.381. The van der Waals surface area contributed by atoms with Crippen molar-refractivity contribution < 1.29 is 18.6 Å². The van der Waals surface area contributed by atoms with Crippen molar-refractivity contribution in [3.8, 4) is 0 Å². The zero-order chi connectivity index (χ0) is 21.7. The van der Waals surface area contributed by atoms with Crippen LogP contribution in [0, 0.1) is 0 Å². The molecule has 0 aromatic carbocycles. The molecule has 158 valence electrons. The van der Waals surface area contributed by atoms with E-state index in [1.807, 2.05) is 27.7 Å². The first kappa shape index (κ1) is 21.2. The Morgan fingerprint density at radius 2 is 1.27 bits per heavy atom. The molecule has 0 aliphatic heterocycles. The summed E-state index contributed by atoms with van der Waals surface area (Å²) in [6, 6.07) is 8.29. The molecule has 2 N–H and O–H groups in total. The van der Waals surface area contributed by atoms with Crippen LogP contribution in [-0.4, -0.2) is 27.1 Å². The van der Waals surface area contributed by atoms with Crippen LogP contribution >= 0.6 is 0 Å². The number of pyridine rings is 1. The fourth-order valence-electron chi connectivity index (χ4n) is 2.57. The molecule has 0 aliphatic carbocycles. The number of hydrogen-bond donors (Lipinski definition) is 2. The molecule has 3 rings (SSSR count). The molecule has 0 saturated heterocycles. The van der Waals surface area contributed by atoms with Crippen molar-refractivity contribution in [1.29, 1.82) is 0 Å². The summed E-state index contributed by atoms with van der Waals surface area (Å²) < 4.78 is 10.4. The highest BCUT2D eigenvalue weighted by Crippen LogP contribution is 2.15. The third kappa shape index (κ3) is 5.31. The maximum atomic E-state index is 12.4. The lowest BCUT2D eigenvalue weighted by molar-refractivity contribution is 0.0937. The van der Waals surface area contributed by atoms with Gasteiger partial charge in [-0.2, -0.15) is 0 Å². The summed E-state index contributed by atoms with van der Waals surface area (Å²) in [4.78, 5) is 28.9. The van der Waals surface area contributed by atoms with Gasteiger partial charge in [-0.05, 0) is 24.0 Å². The second-order valence-corrected chi connectivity index (χ2v) is 7.52. The van der Waals surface area contributed by atoms with Gasteiger partial charge in [-0.1, -0.05) is 44.1 Å². The highest BCUT2D eigenvalue weighted by atomic mass is 16.5. The Balaban J connectivity index is 1.57. The molecule has 0 radical (unpaired) electrons. The Kier molecular flexibility index (Phi) is 6.61. The number of carbonyl (C=O) groups excluding carboxylic acids is 2. The van der Waals surface area contributed by atoms with Crippen molar-refractivity contribution in [2.45, 2.75) is 52.6 Å². The third-order valence-corrected chi connectivity index (χ3v) is 4.40. The normalized spacial score (nSPS) is 11.1. The number of rotatable bonds is 8. The van der Waals surface area contributed by atoms with Gasteiger partial charge in [0, 0.05) is 12.1 Å². The molecule has 0 atom stereocenters. The third-order valence-electron chi connectivity index (χ3n) is 4.40. The number of aromatic nitrogens is 3. The van der Waals surface area contributed by atoms with E-state index in [1.54, 1.807) is 18.2 Å². The first-order chi connectivity index (χ1) is 14.3. The first-order valence-electron chi connectivity index (χ1n) is 9.78. The quantitative estimate of drug-likeness (QED) is 0.583. The van der Waals surface area contributed by atoms with E-state index in [1.165, 1.54) is 12.1 Å². The number of nitrogens with one attached hydrogen (secondary N) is 2. The molecule has 0 unspecified atom stereocenters. The number of amides is 2. The van der Waals surface area contributed by atoms with Crippen molar-refractivity contribution in [3.63, 3.8) is 0 Å². The first-order valence-corrected chi connectivity index (χ1v) is 9.78. The number of carbonyl (C=O) groups is 2. The fourth-order valence-corrected chi connectivity index (χ4v) is 2.57. The largest absolute Gasteiger partial charge is 0.359 e. The van der Waals surface area contributed by atoms with E-state index in [0.29, 0.717) is 11.5 Å². The van der Waals surface area contributed by atoms with Gasteiger partial charge in [0.1, 0.15) is 11.4 Å². The van der Waals surface area contributed by atoms with Crippen molar-refractivity contribution >= 4 is 11.8 Å². The van der Waals surface area contributed by atoms with Crippen LogP contribution in [-0.2, 0) is 13.1 Å². The van der Waals surface area contributed by atoms with Crippen molar-refractivity contribution in [3.05, 3.63) is 64.6 Å². The smallest absolute Gasteiger partial charge is 0.270 e. The summed E-state index contributed by atoms with van der Waals surface area (Å²) in [5, 5.41) is 13.3. The molecular weight excluding hydrogens is 386 g/mol. The molecule has 0 bridgehead atoms. The van der Waals surface area contributed by atoms with Gasteiger partial charge in [-0.3, -0.25) is 9.59 Å². The van der Waals surface area contributed by atoms with E-state index < -0.39 is 11.8 Å². The predicted molar refractivity (Wildman–Crippen MR) is 108 cm³/mol. The van der Waals surface area contributed by atoms with Gasteiger partial charge in [-0.15, -0.1) is 0 Å². The lowest BCUT2D eigenvalue weighted by Gasteiger charge is -2.05. The Hall–Kier alpha value is -3.49. The molecular formula is C21H25N5O4. The maximum absolute atomic E-state index is 12.4. The van der Waals surface area contributed by atoms with Gasteiger partial charge in [0.05, 0.1) is 24.5 Å². The molecule has 3 heterocycles. The van der Waals surface area contributed by atoms with Crippen molar-refractivity contribution in [2.24, 2.45) is 0 Å². The van der Waals surface area contributed by atoms with Crippen LogP contribution in [0.5, 0.6) is 0 Å². The van der Waals surface area contributed by atoms with E-state index in [-0.39, 0.29) is 36.3 Å². The van der Waals surface area contributed by atoms with E-state index in [0.717, 1.165) is 11.4 Å². The molecule has 3 aromatic heterocycles. The Morgan fingerprint density at radius 1 is 0.833 bits per heavy atom. The zero-order valence-corrected chi connectivity index (χ0v) is 17.4. The highest BCUT2D eigenvalue weighted by molar-refractivity contribution is 5.96. The number of nitrogens with zero attached hydrogens (tertiary/aromatic N) is 3. The average Bonchev–Trinajstić information content (AvgIpc) is 3.40. The van der Waals surface area contributed by atoms with Gasteiger partial charge in [0.25, 0.3) is 11.8 Å². The van der Waals surface area contributed by atoms with Gasteiger partial charge < -0.3 is 19.7 Å². The van der Waals surface area contributed by atoms with E-state index in [2.05, 4.69) is 25.9 Å². The summed E-state index contributed by atoms with van der Waals surface area (Å²) >= 11 is 0. The molecule has 0 fully saturated rings. The molecule has 0 spiro atoms. The topological polar surface area (TPSA) is 123 Å². The van der Waals surface area contributed by atoms with E-state index >= 15 is 0 Å². The number of hydrogen-bond acceptors (Lipinski definition) is 7. The Labute approximate surface area is 174 Å². The van der Waals surface area contributed by atoms with Crippen LogP contribution < -0.4 is 10.6 Å². The summed E-state index contributed by atoms with van der Waals surface area (Å²) in [5.41, 5.74) is 1.91. The van der Waals surface area contributed by atoms with Crippen molar-refractivity contribution in [1.82, 2.24) is 25.9 Å². The van der Waals surface area contributed by atoms with E-state index in [4.69, 9.17) is 9.05 Å². The van der Waals surface area contributed by atoms with Crippen LogP contribution in [0.4, 0.5) is 0 Å². The minimum atomic E-state index is -0.413. The van der Waals surface area contributed by atoms with Gasteiger partial charge in [0.15, 0.2) is 11.5 Å². The molecule has 3 aromatic rings. The van der Waals surface area contributed by atoms with Gasteiger partial charge >= 0.3 is 0 Å². The van der Waals surface area contributed by atoms with Crippen LogP contribution in [0.3, 0.4) is 0 Å². The highest BCUT2D eigenvalue weighted by Gasteiger charge is 2.15. The summed E-state index contributed by atoms with van der Waals surface area (Å²) in [7, 11) is 0. The summed E-state index contributed by atoms with van der Waals surface area (Å²) in [6.45, 7) is 8.39. The minimum Gasteiger partial charge on any atom is -0.359 e. The second-order valence-electron chi connectivity index (χ2n) is 7.52. The minimum absolute atomic E-state index is 0.132. The molecule has 30 heavy (non-hydrogen) atoms. The maximum Gasteiger partial charge on any atom is 0.270 e. The molecule has 2 amide bonds.